The molecule has 0 aliphatic carbocycles. The zero-order valence-corrected chi connectivity index (χ0v) is 41.9. The molecule has 82 heavy (non-hydrogen) atoms. The third kappa shape index (κ3) is 11.0. The fourth-order valence-electron chi connectivity index (χ4n) is 8.32. The van der Waals surface area contributed by atoms with Crippen LogP contribution in [0.15, 0.2) is 158 Å². The normalized spacial score (nSPS) is 11.6. The van der Waals surface area contributed by atoms with E-state index in [1.807, 2.05) is 0 Å². The Kier molecular flexibility index (Phi) is 15.5. The highest BCUT2D eigenvalue weighted by molar-refractivity contribution is 6.31. The number of hydrogen-bond donors (Lipinski definition) is 0. The summed E-state index contributed by atoms with van der Waals surface area (Å²) in [6.45, 7) is 0. The molecular weight excluding hydrogens is 1160 g/mol. The van der Waals surface area contributed by atoms with Crippen LogP contribution < -0.4 is 9.80 Å². The first-order valence-corrected chi connectivity index (χ1v) is 23.8. The summed E-state index contributed by atoms with van der Waals surface area (Å²) >= 11 is 11.9. The molecule has 0 saturated heterocycles. The first-order valence-electron chi connectivity index (χ1n) is 23.0. The van der Waals surface area contributed by atoms with E-state index in [-0.39, 0.29) is 64.7 Å². The Morgan fingerprint density at radius 2 is 0.695 bits per heavy atom. The van der Waals surface area contributed by atoms with E-state index < -0.39 is 116 Å². The highest BCUT2D eigenvalue weighted by Crippen LogP contribution is 2.38. The standard InChI is InChI=1S/2C28H13ClF7N3O2/c29-14-7-12-22-21(13-14)37-27(28(34,35)36)38(22)15-8-10-16(11-9-15)39(25(40)17-3-1-5-19(30)23(17)32)26(41)18-4-2-6-20(31)24(18)33;29-14-7-12-21-22(13-14)38(27(37-21)28(34,35)36)15-8-10-16(11-9-15)39(25(40)17-3-1-5-19(30)23(17)32)26(41)18-4-2-6-20(31)24(18)33/h2*1-13H. The van der Waals surface area contributed by atoms with Crippen LogP contribution in [0.2, 0.25) is 10.0 Å². The summed E-state index contributed by atoms with van der Waals surface area (Å²) in [6, 6.07) is 26.6. The maximum Gasteiger partial charge on any atom is 0.450 e. The topological polar surface area (TPSA) is 110 Å². The Morgan fingerprint density at radius 3 is 1.05 bits per heavy atom. The van der Waals surface area contributed by atoms with E-state index in [0.717, 1.165) is 130 Å². The van der Waals surface area contributed by atoms with Gasteiger partial charge in [-0.05, 0) is 133 Å². The number of alkyl halides is 6. The van der Waals surface area contributed by atoms with Gasteiger partial charge in [0, 0.05) is 21.4 Å². The SMILES string of the molecule is O=C(c1cccc(F)c1F)N(C(=O)c1cccc(F)c1F)c1ccc(-n2c(C(F)(F)F)nc3cc(Cl)ccc32)cc1.O=C(c1cccc(F)c1F)N(C(=O)c1cccc(F)c1F)c1ccc(-n2c(C(F)(F)F)nc3ccc(Cl)cc32)cc1. The molecule has 0 aliphatic heterocycles. The molecule has 0 saturated carbocycles. The maximum absolute atomic E-state index is 14.5. The van der Waals surface area contributed by atoms with Gasteiger partial charge in [-0.1, -0.05) is 47.5 Å². The third-order valence-electron chi connectivity index (χ3n) is 12.0. The number of imide groups is 2. The van der Waals surface area contributed by atoms with Crippen LogP contribution in [0.3, 0.4) is 0 Å². The van der Waals surface area contributed by atoms with Gasteiger partial charge in [-0.3, -0.25) is 28.3 Å². The van der Waals surface area contributed by atoms with Crippen molar-refractivity contribution < 1.29 is 80.6 Å². The minimum absolute atomic E-state index is 0.00903. The van der Waals surface area contributed by atoms with Crippen molar-refractivity contribution in [2.75, 3.05) is 9.80 Å². The number of imidazole rings is 2. The van der Waals surface area contributed by atoms with Crippen molar-refractivity contribution in [3.63, 3.8) is 0 Å². The Hall–Kier alpha value is -9.42. The van der Waals surface area contributed by atoms with Crippen LogP contribution in [0.1, 0.15) is 53.1 Å². The first kappa shape index (κ1) is 57.3. The summed E-state index contributed by atoms with van der Waals surface area (Å²) in [5, 5.41) is 0.272. The number of carbonyl (C=O) groups is 4. The van der Waals surface area contributed by atoms with Gasteiger partial charge in [0.15, 0.2) is 46.5 Å². The highest BCUT2D eigenvalue weighted by Gasteiger charge is 2.40. The molecule has 10 aromatic rings. The van der Waals surface area contributed by atoms with Gasteiger partial charge in [-0.25, -0.2) is 54.9 Å². The minimum Gasteiger partial charge on any atom is -0.289 e. The van der Waals surface area contributed by atoms with Crippen molar-refractivity contribution in [2.45, 2.75) is 12.4 Å². The minimum atomic E-state index is -4.90. The summed E-state index contributed by atoms with van der Waals surface area (Å²) in [4.78, 5) is 61.2. The number of nitrogens with zero attached hydrogens (tertiary/aromatic N) is 6. The van der Waals surface area contributed by atoms with Crippen molar-refractivity contribution in [2.24, 2.45) is 0 Å². The predicted octanol–water partition coefficient (Wildman–Crippen LogP) is 15.5. The number of hydrogen-bond acceptors (Lipinski definition) is 6. The molecule has 0 fully saturated rings. The molecule has 2 aromatic heterocycles. The number of benzene rings is 8. The average molecular weight is 1180 g/mol. The molecule has 0 aliphatic rings. The van der Waals surface area contributed by atoms with Crippen LogP contribution >= 0.6 is 23.2 Å². The van der Waals surface area contributed by atoms with Crippen LogP contribution in [0, 0.1) is 46.5 Å². The Morgan fingerprint density at radius 1 is 0.378 bits per heavy atom. The number of amides is 4. The highest BCUT2D eigenvalue weighted by atomic mass is 35.5. The molecular formula is C56H26Cl2F14N6O4. The summed E-state index contributed by atoms with van der Waals surface area (Å²) in [6.07, 6.45) is -9.79. The second-order valence-electron chi connectivity index (χ2n) is 17.1. The smallest absolute Gasteiger partial charge is 0.289 e. The van der Waals surface area contributed by atoms with Crippen molar-refractivity contribution >= 4 is 80.3 Å². The molecule has 2 heterocycles. The van der Waals surface area contributed by atoms with Crippen molar-refractivity contribution in [1.29, 1.82) is 0 Å². The number of anilines is 2. The number of aromatic nitrogens is 4. The largest absolute Gasteiger partial charge is 0.450 e. The number of fused-ring (bicyclic) bond motifs is 2. The first-order chi connectivity index (χ1) is 38.8. The molecule has 26 heteroatoms. The van der Waals surface area contributed by atoms with Gasteiger partial charge in [0.05, 0.1) is 55.7 Å². The summed E-state index contributed by atoms with van der Waals surface area (Å²) in [5.74, 6) is -20.5. The van der Waals surface area contributed by atoms with Gasteiger partial charge >= 0.3 is 12.4 Å². The lowest BCUT2D eigenvalue weighted by Crippen LogP contribution is -2.38. The monoisotopic (exact) mass is 1180 g/mol. The predicted molar refractivity (Wildman–Crippen MR) is 270 cm³/mol. The molecule has 8 aromatic carbocycles. The van der Waals surface area contributed by atoms with Gasteiger partial charge in [-0.15, -0.1) is 0 Å². The van der Waals surface area contributed by atoms with Crippen LogP contribution in [0.5, 0.6) is 0 Å². The Labute approximate surface area is 460 Å². The van der Waals surface area contributed by atoms with Crippen molar-refractivity contribution in [3.8, 4) is 11.4 Å². The number of carbonyl (C=O) groups excluding carboxylic acids is 4. The van der Waals surface area contributed by atoms with Gasteiger partial charge < -0.3 is 0 Å². The van der Waals surface area contributed by atoms with Gasteiger partial charge in [0.2, 0.25) is 11.6 Å². The van der Waals surface area contributed by atoms with E-state index >= 15 is 0 Å². The van der Waals surface area contributed by atoms with Crippen LogP contribution in [0.25, 0.3) is 33.4 Å². The van der Waals surface area contributed by atoms with E-state index in [1.54, 1.807) is 0 Å². The second-order valence-corrected chi connectivity index (χ2v) is 18.0. The van der Waals surface area contributed by atoms with Gasteiger partial charge in [0.25, 0.3) is 23.6 Å². The third-order valence-corrected chi connectivity index (χ3v) is 12.5. The summed E-state index contributed by atoms with van der Waals surface area (Å²) in [5.41, 5.74) is -4.67. The van der Waals surface area contributed by atoms with E-state index in [9.17, 15) is 80.6 Å². The summed E-state index contributed by atoms with van der Waals surface area (Å²) in [7, 11) is 0. The molecule has 0 spiro atoms. The molecule has 4 amide bonds. The van der Waals surface area contributed by atoms with Crippen molar-refractivity contribution in [3.05, 3.63) is 248 Å². The molecule has 0 N–H and O–H groups in total. The van der Waals surface area contributed by atoms with E-state index in [4.69, 9.17) is 23.2 Å². The molecule has 0 bridgehead atoms. The lowest BCUT2D eigenvalue weighted by Gasteiger charge is -2.22. The fraction of sp³-hybridized carbons (Fsp3) is 0.0357. The summed E-state index contributed by atoms with van der Waals surface area (Å²) < 4.78 is 198. The fourth-order valence-corrected chi connectivity index (χ4v) is 8.65. The van der Waals surface area contributed by atoms with E-state index in [1.165, 1.54) is 36.4 Å². The van der Waals surface area contributed by atoms with Crippen molar-refractivity contribution in [1.82, 2.24) is 19.1 Å². The van der Waals surface area contributed by atoms with E-state index in [2.05, 4.69) is 9.97 Å². The molecule has 0 radical (unpaired) electrons. The van der Waals surface area contributed by atoms with Gasteiger partial charge in [-0.2, -0.15) is 26.3 Å². The lowest BCUT2D eigenvalue weighted by atomic mass is 10.1. The van der Waals surface area contributed by atoms with Crippen LogP contribution in [-0.2, 0) is 12.4 Å². The van der Waals surface area contributed by atoms with Gasteiger partial charge in [0.1, 0.15) is 0 Å². The molecule has 0 unspecified atom stereocenters. The average Bonchev–Trinajstić information content (AvgIpc) is 3.79. The zero-order valence-electron chi connectivity index (χ0n) is 40.4. The number of halogens is 16. The molecule has 0 atom stereocenters. The lowest BCUT2D eigenvalue weighted by molar-refractivity contribution is -0.146. The Bertz CT molecular complexity index is 4070. The number of rotatable bonds is 8. The second kappa shape index (κ2) is 22.3. The maximum atomic E-state index is 14.5. The quantitative estimate of drug-likeness (QED) is 0.111. The molecule has 10 nitrogen and oxygen atoms in total. The molecule has 416 valence electrons. The zero-order chi connectivity index (χ0) is 59.3. The Balaban J connectivity index is 0.000000198. The van der Waals surface area contributed by atoms with Crippen LogP contribution in [0.4, 0.5) is 72.8 Å². The molecule has 10 rings (SSSR count). The van der Waals surface area contributed by atoms with Crippen LogP contribution in [-0.4, -0.2) is 42.7 Å². The van der Waals surface area contributed by atoms with E-state index in [0.29, 0.717) is 0 Å².